The second kappa shape index (κ2) is 12.6. The lowest BCUT2D eigenvalue weighted by atomic mass is 10.0. The van der Waals surface area contributed by atoms with Crippen molar-refractivity contribution in [2.45, 2.75) is 38.5 Å². The summed E-state index contributed by atoms with van der Waals surface area (Å²) >= 11 is 0. The van der Waals surface area contributed by atoms with Crippen LogP contribution in [0.25, 0.3) is 0 Å². The number of likely N-dealkylation sites (N-methyl/N-ethyl adjacent to an activating group) is 1. The molecule has 3 atom stereocenters. The van der Waals surface area contributed by atoms with Crippen LogP contribution in [0.2, 0.25) is 0 Å². The number of nitrogens with zero attached hydrogens (tertiary/aromatic N) is 1. The van der Waals surface area contributed by atoms with Crippen LogP contribution in [0.3, 0.4) is 0 Å². The molecule has 8 nitrogen and oxygen atoms in total. The Balaban J connectivity index is 1.70. The van der Waals surface area contributed by atoms with Crippen molar-refractivity contribution >= 4 is 6.09 Å². The molecule has 1 heterocycles. The Morgan fingerprint density at radius 3 is 2.62 bits per heavy atom. The van der Waals surface area contributed by atoms with Gasteiger partial charge in [-0.2, -0.15) is 0 Å². The number of ether oxygens (including phenoxy) is 3. The van der Waals surface area contributed by atoms with E-state index in [1.807, 2.05) is 24.3 Å². The van der Waals surface area contributed by atoms with Gasteiger partial charge in [0.1, 0.15) is 18.0 Å². The Hall–Kier alpha value is -1.87. The van der Waals surface area contributed by atoms with Gasteiger partial charge in [0.05, 0.1) is 26.4 Å². The van der Waals surface area contributed by atoms with Crippen LogP contribution < -0.4 is 15.4 Å². The monoisotopic (exact) mass is 409 g/mol. The summed E-state index contributed by atoms with van der Waals surface area (Å²) in [5.74, 6) is 0.791. The van der Waals surface area contributed by atoms with Gasteiger partial charge in [-0.25, -0.2) is 4.79 Å². The Kier molecular flexibility index (Phi) is 10.2. The SMILES string of the molecule is CCN(CC)CCOCCNC(=O)O[C@@H]1[C@@H](O)CN[C@@H]1Cc1ccc(OC)cc1. The molecule has 1 aromatic carbocycles. The highest BCUT2D eigenvalue weighted by atomic mass is 16.6. The van der Waals surface area contributed by atoms with Gasteiger partial charge in [-0.1, -0.05) is 26.0 Å². The first-order chi connectivity index (χ1) is 14.1. The van der Waals surface area contributed by atoms with Crippen molar-refractivity contribution in [1.29, 1.82) is 0 Å². The number of hydrogen-bond acceptors (Lipinski definition) is 7. The molecule has 1 aliphatic heterocycles. The van der Waals surface area contributed by atoms with Crippen LogP contribution in [-0.2, 0) is 15.9 Å². The standard InChI is InChI=1S/C21H35N3O5/c1-4-24(5-2)11-13-28-12-10-22-21(26)29-20-18(23-15-19(20)25)14-16-6-8-17(27-3)9-7-16/h6-9,18-20,23,25H,4-5,10-15H2,1-3H3,(H,22,26)/t18-,19+,20+/m1/s1. The van der Waals surface area contributed by atoms with Crippen LogP contribution in [-0.4, -0.2) is 87.4 Å². The zero-order chi connectivity index (χ0) is 21.1. The van der Waals surface area contributed by atoms with E-state index in [1.54, 1.807) is 7.11 Å². The minimum Gasteiger partial charge on any atom is -0.497 e. The molecule has 0 spiro atoms. The Morgan fingerprint density at radius 2 is 1.97 bits per heavy atom. The number of nitrogens with one attached hydrogen (secondary N) is 2. The minimum absolute atomic E-state index is 0.144. The number of carbonyl (C=O) groups is 1. The van der Waals surface area contributed by atoms with Crippen LogP contribution in [0.15, 0.2) is 24.3 Å². The van der Waals surface area contributed by atoms with Crippen LogP contribution in [0.5, 0.6) is 5.75 Å². The molecule has 0 aromatic heterocycles. The highest BCUT2D eigenvalue weighted by Gasteiger charge is 2.37. The van der Waals surface area contributed by atoms with Gasteiger partial charge >= 0.3 is 6.09 Å². The number of rotatable bonds is 12. The van der Waals surface area contributed by atoms with E-state index in [2.05, 4.69) is 29.4 Å². The molecule has 1 saturated heterocycles. The second-order valence-corrected chi connectivity index (χ2v) is 7.07. The summed E-state index contributed by atoms with van der Waals surface area (Å²) in [6.45, 7) is 8.95. The highest BCUT2D eigenvalue weighted by Crippen LogP contribution is 2.19. The van der Waals surface area contributed by atoms with Gasteiger partial charge in [-0.05, 0) is 37.2 Å². The average molecular weight is 410 g/mol. The van der Waals surface area contributed by atoms with Gasteiger partial charge in [-0.3, -0.25) is 0 Å². The fourth-order valence-corrected chi connectivity index (χ4v) is 3.36. The first kappa shape index (κ1) is 23.4. The third-order valence-electron chi connectivity index (χ3n) is 5.18. The number of benzene rings is 1. The van der Waals surface area contributed by atoms with Gasteiger partial charge in [0.15, 0.2) is 0 Å². The third-order valence-corrected chi connectivity index (χ3v) is 5.18. The number of methoxy groups -OCH3 is 1. The zero-order valence-corrected chi connectivity index (χ0v) is 17.7. The lowest BCUT2D eigenvalue weighted by Gasteiger charge is -2.22. The predicted octanol–water partition coefficient (Wildman–Crippen LogP) is 1.02. The Morgan fingerprint density at radius 1 is 1.24 bits per heavy atom. The summed E-state index contributed by atoms with van der Waals surface area (Å²) in [5.41, 5.74) is 1.08. The summed E-state index contributed by atoms with van der Waals surface area (Å²) in [6, 6.07) is 7.58. The van der Waals surface area contributed by atoms with Crippen molar-refractivity contribution in [2.75, 3.05) is 53.0 Å². The van der Waals surface area contributed by atoms with Crippen LogP contribution in [0.1, 0.15) is 19.4 Å². The van der Waals surface area contributed by atoms with E-state index in [9.17, 15) is 9.90 Å². The van der Waals surface area contributed by atoms with Crippen LogP contribution in [0.4, 0.5) is 4.79 Å². The van der Waals surface area contributed by atoms with Gasteiger partial charge in [0.2, 0.25) is 0 Å². The number of amides is 1. The Bertz CT molecular complexity index is 594. The summed E-state index contributed by atoms with van der Waals surface area (Å²) in [5, 5.41) is 16.1. The summed E-state index contributed by atoms with van der Waals surface area (Å²) in [6.07, 6.45) is -1.21. The molecule has 3 N–H and O–H groups in total. The first-order valence-corrected chi connectivity index (χ1v) is 10.4. The number of carbonyl (C=O) groups excluding carboxylic acids is 1. The fourth-order valence-electron chi connectivity index (χ4n) is 3.36. The molecule has 0 saturated carbocycles. The van der Waals surface area contributed by atoms with E-state index in [0.717, 1.165) is 30.9 Å². The van der Waals surface area contributed by atoms with E-state index >= 15 is 0 Å². The van der Waals surface area contributed by atoms with E-state index in [-0.39, 0.29) is 6.04 Å². The highest BCUT2D eigenvalue weighted by molar-refractivity contribution is 5.67. The molecule has 1 aliphatic rings. The normalized spacial score (nSPS) is 21.3. The van der Waals surface area contributed by atoms with E-state index in [1.165, 1.54) is 0 Å². The second-order valence-electron chi connectivity index (χ2n) is 7.07. The lowest BCUT2D eigenvalue weighted by Crippen LogP contribution is -2.42. The number of hydrogen-bond donors (Lipinski definition) is 3. The molecule has 1 aromatic rings. The van der Waals surface area contributed by atoms with Gasteiger partial charge in [-0.15, -0.1) is 0 Å². The van der Waals surface area contributed by atoms with Gasteiger partial charge < -0.3 is 34.9 Å². The minimum atomic E-state index is -0.727. The molecular weight excluding hydrogens is 374 g/mol. The topological polar surface area (TPSA) is 92.3 Å². The Labute approximate surface area is 173 Å². The number of aliphatic hydroxyl groups excluding tert-OH is 1. The van der Waals surface area contributed by atoms with Crippen LogP contribution >= 0.6 is 0 Å². The molecule has 1 amide bonds. The zero-order valence-electron chi connectivity index (χ0n) is 17.7. The maximum atomic E-state index is 12.1. The van der Waals surface area contributed by atoms with Gasteiger partial charge in [0.25, 0.3) is 0 Å². The molecular formula is C21H35N3O5. The van der Waals surface area contributed by atoms with Crippen molar-refractivity contribution in [2.24, 2.45) is 0 Å². The van der Waals surface area contributed by atoms with Crippen molar-refractivity contribution < 1.29 is 24.1 Å². The van der Waals surface area contributed by atoms with Crippen molar-refractivity contribution in [3.63, 3.8) is 0 Å². The van der Waals surface area contributed by atoms with Crippen molar-refractivity contribution in [3.05, 3.63) is 29.8 Å². The van der Waals surface area contributed by atoms with E-state index in [4.69, 9.17) is 14.2 Å². The first-order valence-electron chi connectivity index (χ1n) is 10.4. The quantitative estimate of drug-likeness (QED) is 0.444. The molecule has 8 heteroatoms. The molecule has 0 radical (unpaired) electrons. The summed E-state index contributed by atoms with van der Waals surface area (Å²) in [7, 11) is 1.63. The lowest BCUT2D eigenvalue weighted by molar-refractivity contribution is 0.0177. The summed E-state index contributed by atoms with van der Waals surface area (Å²) < 4.78 is 16.2. The van der Waals surface area contributed by atoms with E-state index in [0.29, 0.717) is 32.7 Å². The molecule has 0 bridgehead atoms. The smallest absolute Gasteiger partial charge is 0.407 e. The third kappa shape index (κ3) is 7.81. The van der Waals surface area contributed by atoms with Crippen molar-refractivity contribution in [3.8, 4) is 5.75 Å². The maximum absolute atomic E-state index is 12.1. The van der Waals surface area contributed by atoms with Gasteiger partial charge in [0, 0.05) is 19.6 Å². The molecule has 1 fully saturated rings. The predicted molar refractivity (Wildman–Crippen MR) is 111 cm³/mol. The molecule has 29 heavy (non-hydrogen) atoms. The van der Waals surface area contributed by atoms with Crippen LogP contribution in [0, 0.1) is 0 Å². The molecule has 2 rings (SSSR count). The molecule has 164 valence electrons. The number of alkyl carbamates (subject to hydrolysis) is 1. The largest absolute Gasteiger partial charge is 0.497 e. The van der Waals surface area contributed by atoms with E-state index < -0.39 is 18.3 Å². The maximum Gasteiger partial charge on any atom is 0.407 e. The molecule has 0 unspecified atom stereocenters. The van der Waals surface area contributed by atoms with Crippen molar-refractivity contribution in [1.82, 2.24) is 15.5 Å². The number of aliphatic hydroxyl groups is 1. The average Bonchev–Trinajstić information content (AvgIpc) is 3.07. The molecule has 0 aliphatic carbocycles. The summed E-state index contributed by atoms with van der Waals surface area (Å²) in [4.78, 5) is 14.4. The fraction of sp³-hybridized carbons (Fsp3) is 0.667. The number of β-amino-alcohol motifs (C(OH)–C–C–N with tert-alkyl or cyclic N) is 1.